The first kappa shape index (κ1) is 18.6. The summed E-state index contributed by atoms with van der Waals surface area (Å²) in [4.78, 5) is 20.5. The van der Waals surface area contributed by atoms with E-state index in [0.717, 1.165) is 26.5 Å². The van der Waals surface area contributed by atoms with Crippen LogP contribution in [-0.4, -0.2) is 27.2 Å². The number of nitrogens with zero attached hydrogens (tertiary/aromatic N) is 4. The van der Waals surface area contributed by atoms with Gasteiger partial charge in [0, 0.05) is 23.2 Å². The van der Waals surface area contributed by atoms with Gasteiger partial charge in [-0.25, -0.2) is 4.98 Å². The zero-order valence-electron chi connectivity index (χ0n) is 15.7. The molecular formula is C21H20N4OS2. The number of carbonyl (C=O) groups is 1. The highest BCUT2D eigenvalue weighted by atomic mass is 32.1. The van der Waals surface area contributed by atoms with Gasteiger partial charge in [-0.05, 0) is 49.6 Å². The summed E-state index contributed by atoms with van der Waals surface area (Å²) in [5, 5.41) is 7.22. The second kappa shape index (κ2) is 8.08. The van der Waals surface area contributed by atoms with Crippen LogP contribution in [0.15, 0.2) is 53.9 Å². The smallest absolute Gasteiger partial charge is 0.252 e. The van der Waals surface area contributed by atoms with Gasteiger partial charge in [0.1, 0.15) is 0 Å². The molecule has 142 valence electrons. The van der Waals surface area contributed by atoms with Crippen LogP contribution in [0.5, 0.6) is 0 Å². The van der Waals surface area contributed by atoms with Gasteiger partial charge < -0.3 is 0 Å². The Hall–Kier alpha value is -2.77. The standard InChI is InChI=1S/C21H20N4OS2/c1-15-14-16(2)25(23-15)12-11-24(20(26)10-9-17-6-5-13-27-17)21-22-18-7-3-4-8-19(18)28-21/h3-10,13-14H,11-12H2,1-2H3/b10-9+. The summed E-state index contributed by atoms with van der Waals surface area (Å²) in [5.41, 5.74) is 2.98. The number of rotatable bonds is 6. The molecule has 0 atom stereocenters. The van der Waals surface area contributed by atoms with Crippen LogP contribution >= 0.6 is 22.7 Å². The van der Waals surface area contributed by atoms with E-state index in [1.165, 1.54) is 11.3 Å². The molecule has 0 saturated carbocycles. The zero-order chi connectivity index (χ0) is 19.5. The number of carbonyl (C=O) groups excluding carboxylic acids is 1. The largest absolute Gasteiger partial charge is 0.283 e. The van der Waals surface area contributed by atoms with Crippen molar-refractivity contribution in [3.8, 4) is 0 Å². The fourth-order valence-corrected chi connectivity index (χ4v) is 4.62. The molecule has 0 spiro atoms. The van der Waals surface area contributed by atoms with Crippen molar-refractivity contribution in [3.05, 3.63) is 70.2 Å². The molecule has 1 aromatic carbocycles. The summed E-state index contributed by atoms with van der Waals surface area (Å²) < 4.78 is 3.01. The number of para-hydroxylation sites is 1. The first-order valence-electron chi connectivity index (χ1n) is 9.00. The SMILES string of the molecule is Cc1cc(C)n(CCN(C(=O)/C=C/c2cccs2)c2nc3ccccc3s2)n1. The molecule has 4 rings (SSSR count). The van der Waals surface area contributed by atoms with Crippen molar-refractivity contribution < 1.29 is 4.79 Å². The number of amides is 1. The average molecular weight is 409 g/mol. The highest BCUT2D eigenvalue weighted by Crippen LogP contribution is 2.29. The van der Waals surface area contributed by atoms with Crippen molar-refractivity contribution in [1.29, 1.82) is 0 Å². The van der Waals surface area contributed by atoms with Crippen LogP contribution < -0.4 is 4.90 Å². The van der Waals surface area contributed by atoms with Gasteiger partial charge in [0.05, 0.1) is 22.5 Å². The lowest BCUT2D eigenvalue weighted by molar-refractivity contribution is -0.114. The lowest BCUT2D eigenvalue weighted by Gasteiger charge is -2.18. The van der Waals surface area contributed by atoms with Crippen molar-refractivity contribution in [2.75, 3.05) is 11.4 Å². The van der Waals surface area contributed by atoms with E-state index in [-0.39, 0.29) is 5.91 Å². The maximum atomic E-state index is 13.0. The molecule has 0 aliphatic heterocycles. The number of hydrogen-bond acceptors (Lipinski definition) is 5. The van der Waals surface area contributed by atoms with Gasteiger partial charge in [0.2, 0.25) is 0 Å². The van der Waals surface area contributed by atoms with Crippen LogP contribution in [0.1, 0.15) is 16.3 Å². The second-order valence-corrected chi connectivity index (χ2v) is 8.44. The predicted molar refractivity (Wildman–Crippen MR) is 117 cm³/mol. The van der Waals surface area contributed by atoms with E-state index in [1.54, 1.807) is 22.3 Å². The Morgan fingerprint density at radius 1 is 1.21 bits per heavy atom. The highest BCUT2D eigenvalue weighted by Gasteiger charge is 2.18. The van der Waals surface area contributed by atoms with E-state index in [9.17, 15) is 4.79 Å². The summed E-state index contributed by atoms with van der Waals surface area (Å²) in [6, 6.07) is 14.0. The molecule has 4 aromatic rings. The first-order chi connectivity index (χ1) is 13.6. The molecule has 0 saturated heterocycles. The van der Waals surface area contributed by atoms with Crippen LogP contribution in [-0.2, 0) is 11.3 Å². The Balaban J connectivity index is 1.61. The highest BCUT2D eigenvalue weighted by molar-refractivity contribution is 7.22. The number of hydrogen-bond donors (Lipinski definition) is 0. The number of aryl methyl sites for hydroxylation is 2. The van der Waals surface area contributed by atoms with Crippen LogP contribution in [0.25, 0.3) is 16.3 Å². The van der Waals surface area contributed by atoms with Crippen molar-refractivity contribution in [2.24, 2.45) is 0 Å². The summed E-state index contributed by atoms with van der Waals surface area (Å²) in [7, 11) is 0. The molecule has 7 heteroatoms. The number of fused-ring (bicyclic) bond motifs is 1. The molecule has 3 aromatic heterocycles. The molecule has 28 heavy (non-hydrogen) atoms. The Kier molecular flexibility index (Phi) is 5.36. The van der Waals surface area contributed by atoms with Gasteiger partial charge in [-0.3, -0.25) is 14.4 Å². The molecule has 3 heterocycles. The molecule has 0 N–H and O–H groups in total. The third-order valence-corrected chi connectivity index (χ3v) is 6.25. The summed E-state index contributed by atoms with van der Waals surface area (Å²) in [6.45, 7) is 5.13. The van der Waals surface area contributed by atoms with Crippen LogP contribution in [0.2, 0.25) is 0 Å². The van der Waals surface area contributed by atoms with Gasteiger partial charge in [-0.15, -0.1) is 11.3 Å². The normalized spacial score (nSPS) is 11.5. The molecule has 0 fully saturated rings. The summed E-state index contributed by atoms with van der Waals surface area (Å²) >= 11 is 3.14. The summed E-state index contributed by atoms with van der Waals surface area (Å²) in [6.07, 6.45) is 3.48. The monoisotopic (exact) mass is 408 g/mol. The van der Waals surface area contributed by atoms with Crippen molar-refractivity contribution in [2.45, 2.75) is 20.4 Å². The van der Waals surface area contributed by atoms with Gasteiger partial charge in [0.15, 0.2) is 5.13 Å². The van der Waals surface area contributed by atoms with E-state index in [0.29, 0.717) is 18.2 Å². The lowest BCUT2D eigenvalue weighted by atomic mass is 10.3. The Morgan fingerprint density at radius 3 is 2.79 bits per heavy atom. The number of thiophene rings is 1. The lowest BCUT2D eigenvalue weighted by Crippen LogP contribution is -2.33. The van der Waals surface area contributed by atoms with Crippen LogP contribution in [0.3, 0.4) is 0 Å². The van der Waals surface area contributed by atoms with Gasteiger partial charge >= 0.3 is 0 Å². The molecular weight excluding hydrogens is 388 g/mol. The molecule has 0 aliphatic rings. The second-order valence-electron chi connectivity index (χ2n) is 6.45. The maximum absolute atomic E-state index is 13.0. The molecule has 1 amide bonds. The van der Waals surface area contributed by atoms with Crippen LogP contribution in [0, 0.1) is 13.8 Å². The quantitative estimate of drug-likeness (QED) is 0.426. The Morgan fingerprint density at radius 2 is 2.07 bits per heavy atom. The van der Waals surface area contributed by atoms with Crippen molar-refractivity contribution >= 4 is 50.0 Å². The maximum Gasteiger partial charge on any atom is 0.252 e. The van der Waals surface area contributed by atoms with Gasteiger partial charge in [0.25, 0.3) is 5.91 Å². The molecule has 0 aliphatic carbocycles. The zero-order valence-corrected chi connectivity index (χ0v) is 17.3. The number of thiazole rings is 1. The minimum Gasteiger partial charge on any atom is -0.283 e. The first-order valence-corrected chi connectivity index (χ1v) is 10.7. The summed E-state index contributed by atoms with van der Waals surface area (Å²) in [5.74, 6) is -0.0750. The topological polar surface area (TPSA) is 51.0 Å². The van der Waals surface area contributed by atoms with Crippen molar-refractivity contribution in [1.82, 2.24) is 14.8 Å². The van der Waals surface area contributed by atoms with Gasteiger partial charge in [-0.1, -0.05) is 29.5 Å². The van der Waals surface area contributed by atoms with Gasteiger partial charge in [-0.2, -0.15) is 5.10 Å². The number of aromatic nitrogens is 3. The molecule has 0 radical (unpaired) electrons. The van der Waals surface area contributed by atoms with Crippen molar-refractivity contribution in [3.63, 3.8) is 0 Å². The minimum absolute atomic E-state index is 0.0750. The number of benzene rings is 1. The fourth-order valence-electron chi connectivity index (χ4n) is 3.00. The fraction of sp³-hybridized carbons (Fsp3) is 0.190. The van der Waals surface area contributed by atoms with Crippen LogP contribution in [0.4, 0.5) is 5.13 Å². The molecule has 0 unspecified atom stereocenters. The third-order valence-electron chi connectivity index (χ3n) is 4.35. The third kappa shape index (κ3) is 4.05. The Labute approximate surface area is 171 Å². The molecule has 5 nitrogen and oxygen atoms in total. The van der Waals surface area contributed by atoms with E-state index in [4.69, 9.17) is 0 Å². The van der Waals surface area contributed by atoms with E-state index in [2.05, 4.69) is 10.1 Å². The average Bonchev–Trinajstić information content (AvgIpc) is 3.40. The van der Waals surface area contributed by atoms with E-state index < -0.39 is 0 Å². The van der Waals surface area contributed by atoms with E-state index in [1.807, 2.05) is 72.4 Å². The number of anilines is 1. The Bertz CT molecular complexity index is 1090. The molecule has 0 bridgehead atoms. The predicted octanol–water partition coefficient (Wildman–Crippen LogP) is 4.92. The van der Waals surface area contributed by atoms with E-state index >= 15 is 0 Å². The minimum atomic E-state index is -0.0750.